The van der Waals surface area contributed by atoms with Crippen molar-refractivity contribution in [1.82, 2.24) is 0 Å². The van der Waals surface area contributed by atoms with Crippen LogP contribution in [-0.2, 0) is 17.6 Å². The molecule has 0 N–H and O–H groups in total. The van der Waals surface area contributed by atoms with Gasteiger partial charge in [0.2, 0.25) is 0 Å². The van der Waals surface area contributed by atoms with E-state index in [1.165, 1.54) is 63.4 Å². The summed E-state index contributed by atoms with van der Waals surface area (Å²) >= 11 is 0. The minimum atomic E-state index is -0.568. The Labute approximate surface area is 173 Å². The van der Waals surface area contributed by atoms with E-state index < -0.39 is 6.16 Å². The molecule has 0 aliphatic carbocycles. The second kappa shape index (κ2) is 16.4. The maximum Gasteiger partial charge on any atom is 0.513 e. The Balaban J connectivity index is 2.60. The van der Waals surface area contributed by atoms with Crippen LogP contribution in [0, 0.1) is 0 Å². The van der Waals surface area contributed by atoms with Crippen molar-refractivity contribution in [3.8, 4) is 5.75 Å². The van der Waals surface area contributed by atoms with Gasteiger partial charge in [0.1, 0.15) is 5.75 Å². The van der Waals surface area contributed by atoms with Crippen LogP contribution in [0.4, 0.5) is 4.79 Å². The van der Waals surface area contributed by atoms with E-state index >= 15 is 0 Å². The van der Waals surface area contributed by atoms with Crippen molar-refractivity contribution < 1.29 is 14.3 Å². The fourth-order valence-corrected chi connectivity index (χ4v) is 3.38. The number of rotatable bonds is 16. The molecule has 0 saturated carbocycles. The number of aryl methyl sites for hydroxylation is 2. The van der Waals surface area contributed by atoms with Gasteiger partial charge in [0.15, 0.2) is 0 Å². The Hall–Kier alpha value is -1.51. The van der Waals surface area contributed by atoms with Crippen molar-refractivity contribution in [1.29, 1.82) is 0 Å². The fraction of sp³-hybridized carbons (Fsp3) is 0.720. The van der Waals surface area contributed by atoms with Gasteiger partial charge in [0, 0.05) is 0 Å². The van der Waals surface area contributed by atoms with Crippen LogP contribution in [0.3, 0.4) is 0 Å². The average molecular weight is 391 g/mol. The Bertz CT molecular complexity index is 525. The highest BCUT2D eigenvalue weighted by molar-refractivity contribution is 5.64. The maximum absolute atomic E-state index is 12.1. The smallest absolute Gasteiger partial charge is 0.434 e. The van der Waals surface area contributed by atoms with Gasteiger partial charge in [-0.3, -0.25) is 0 Å². The molecule has 0 unspecified atom stereocenters. The summed E-state index contributed by atoms with van der Waals surface area (Å²) in [5.74, 6) is 0.673. The number of carbonyl (C=O) groups excluding carboxylic acids is 1. The molecule has 0 spiro atoms. The van der Waals surface area contributed by atoms with E-state index in [0.717, 1.165) is 37.7 Å². The van der Waals surface area contributed by atoms with Crippen LogP contribution in [0.15, 0.2) is 18.2 Å². The molecule has 0 saturated heterocycles. The molecule has 3 nitrogen and oxygen atoms in total. The van der Waals surface area contributed by atoms with Crippen molar-refractivity contribution in [3.63, 3.8) is 0 Å². The Morgan fingerprint density at radius 3 is 2.00 bits per heavy atom. The molecule has 0 aliphatic rings. The molecule has 1 aromatic carbocycles. The number of benzene rings is 1. The Morgan fingerprint density at radius 2 is 1.36 bits per heavy atom. The lowest BCUT2D eigenvalue weighted by Gasteiger charge is -2.12. The van der Waals surface area contributed by atoms with E-state index in [0.29, 0.717) is 12.4 Å². The molecule has 0 amide bonds. The highest BCUT2D eigenvalue weighted by atomic mass is 16.7. The molecule has 28 heavy (non-hydrogen) atoms. The average Bonchev–Trinajstić information content (AvgIpc) is 2.70. The highest BCUT2D eigenvalue weighted by Crippen LogP contribution is 2.24. The summed E-state index contributed by atoms with van der Waals surface area (Å²) in [4.78, 5) is 12.1. The van der Waals surface area contributed by atoms with Gasteiger partial charge in [-0.05, 0) is 49.3 Å². The van der Waals surface area contributed by atoms with E-state index in [4.69, 9.17) is 9.47 Å². The fourth-order valence-electron chi connectivity index (χ4n) is 3.38. The third kappa shape index (κ3) is 11.4. The summed E-state index contributed by atoms with van der Waals surface area (Å²) in [7, 11) is 0. The first kappa shape index (κ1) is 24.5. The first-order chi connectivity index (χ1) is 13.7. The predicted octanol–water partition coefficient (Wildman–Crippen LogP) is 8.03. The standard InChI is InChI=1S/C25H42O3/c1-4-7-10-13-16-22-18-19-24(23(21-22)17-14-11-8-5-2)28-25(26)27-20-15-12-9-6-3/h18-19,21H,4-17,20H2,1-3H3. The maximum atomic E-state index is 12.1. The van der Waals surface area contributed by atoms with Gasteiger partial charge in [-0.2, -0.15) is 0 Å². The summed E-state index contributed by atoms with van der Waals surface area (Å²) in [6.45, 7) is 7.08. The van der Waals surface area contributed by atoms with Crippen LogP contribution in [0.5, 0.6) is 5.75 Å². The van der Waals surface area contributed by atoms with Gasteiger partial charge in [0.25, 0.3) is 0 Å². The van der Waals surface area contributed by atoms with Gasteiger partial charge in [-0.1, -0.05) is 90.7 Å². The van der Waals surface area contributed by atoms with E-state index in [1.807, 2.05) is 6.07 Å². The zero-order valence-corrected chi connectivity index (χ0v) is 18.6. The summed E-state index contributed by atoms with van der Waals surface area (Å²) in [5, 5.41) is 0. The van der Waals surface area contributed by atoms with Gasteiger partial charge >= 0.3 is 6.16 Å². The third-order valence-electron chi connectivity index (χ3n) is 5.15. The van der Waals surface area contributed by atoms with Crippen LogP contribution in [0.2, 0.25) is 0 Å². The summed E-state index contributed by atoms with van der Waals surface area (Å²) in [6, 6.07) is 6.30. The van der Waals surface area contributed by atoms with Crippen molar-refractivity contribution in [2.45, 2.75) is 111 Å². The monoisotopic (exact) mass is 390 g/mol. The molecule has 0 atom stereocenters. The van der Waals surface area contributed by atoms with Crippen molar-refractivity contribution in [2.24, 2.45) is 0 Å². The van der Waals surface area contributed by atoms with E-state index in [1.54, 1.807) is 0 Å². The van der Waals surface area contributed by atoms with Crippen molar-refractivity contribution in [3.05, 3.63) is 29.3 Å². The normalized spacial score (nSPS) is 10.8. The summed E-state index contributed by atoms with van der Waals surface area (Å²) < 4.78 is 10.8. The lowest BCUT2D eigenvalue weighted by Crippen LogP contribution is -2.13. The SMILES string of the molecule is CCCCCCOC(=O)Oc1ccc(CCCCCC)cc1CCCCCC. The number of ether oxygens (including phenoxy) is 2. The predicted molar refractivity (Wildman–Crippen MR) is 118 cm³/mol. The zero-order chi connectivity index (χ0) is 20.5. The third-order valence-corrected chi connectivity index (χ3v) is 5.15. The molecule has 3 heteroatoms. The second-order valence-corrected chi connectivity index (χ2v) is 7.82. The highest BCUT2D eigenvalue weighted by Gasteiger charge is 2.11. The molecule has 1 aromatic rings. The second-order valence-electron chi connectivity index (χ2n) is 7.82. The number of hydrogen-bond donors (Lipinski definition) is 0. The molecular weight excluding hydrogens is 348 g/mol. The molecule has 0 radical (unpaired) electrons. The first-order valence-electron chi connectivity index (χ1n) is 11.7. The van der Waals surface area contributed by atoms with Crippen molar-refractivity contribution in [2.75, 3.05) is 6.61 Å². The quantitative estimate of drug-likeness (QED) is 0.163. The van der Waals surface area contributed by atoms with Crippen LogP contribution in [0.1, 0.15) is 109 Å². The number of carbonyl (C=O) groups is 1. The van der Waals surface area contributed by atoms with Gasteiger partial charge in [-0.25, -0.2) is 4.79 Å². The largest absolute Gasteiger partial charge is 0.513 e. The van der Waals surface area contributed by atoms with Crippen LogP contribution < -0.4 is 4.74 Å². The molecule has 0 aliphatic heterocycles. The lowest BCUT2D eigenvalue weighted by atomic mass is 9.99. The van der Waals surface area contributed by atoms with Gasteiger partial charge < -0.3 is 9.47 Å². The van der Waals surface area contributed by atoms with Crippen LogP contribution in [-0.4, -0.2) is 12.8 Å². The number of hydrogen-bond acceptors (Lipinski definition) is 3. The van der Waals surface area contributed by atoms with E-state index in [9.17, 15) is 4.79 Å². The lowest BCUT2D eigenvalue weighted by molar-refractivity contribution is 0.0969. The minimum Gasteiger partial charge on any atom is -0.434 e. The topological polar surface area (TPSA) is 35.5 Å². The molecule has 160 valence electrons. The van der Waals surface area contributed by atoms with E-state index in [2.05, 4.69) is 32.9 Å². The van der Waals surface area contributed by atoms with Crippen LogP contribution >= 0.6 is 0 Å². The van der Waals surface area contributed by atoms with Crippen molar-refractivity contribution >= 4 is 6.16 Å². The number of unbranched alkanes of at least 4 members (excludes halogenated alkanes) is 9. The zero-order valence-electron chi connectivity index (χ0n) is 18.6. The van der Waals surface area contributed by atoms with Gasteiger partial charge in [-0.15, -0.1) is 0 Å². The molecule has 0 heterocycles. The minimum absolute atomic E-state index is 0.445. The van der Waals surface area contributed by atoms with Crippen LogP contribution in [0.25, 0.3) is 0 Å². The molecule has 0 aromatic heterocycles. The molecule has 0 bridgehead atoms. The first-order valence-corrected chi connectivity index (χ1v) is 11.7. The van der Waals surface area contributed by atoms with Gasteiger partial charge in [0.05, 0.1) is 6.61 Å². The molecule has 0 fully saturated rings. The summed E-state index contributed by atoms with van der Waals surface area (Å²) in [6.07, 6.45) is 15.8. The molecule has 1 rings (SSSR count). The molecular formula is C25H42O3. The Kier molecular flexibility index (Phi) is 14.4. The summed E-state index contributed by atoms with van der Waals surface area (Å²) in [5.41, 5.74) is 2.49. The Morgan fingerprint density at radius 1 is 0.750 bits per heavy atom. The van der Waals surface area contributed by atoms with E-state index in [-0.39, 0.29) is 0 Å².